The SMILES string of the molecule is CCc1cc(-n2c(C(C)(C)c3ccc(F)c(Cl)c3)cnc2SCc2c(F)cc(CCCN(C)C)cc2F)ccc1F. The molecule has 0 spiro atoms. The zero-order valence-electron chi connectivity index (χ0n) is 23.9. The number of hydrogen-bond acceptors (Lipinski definition) is 3. The summed E-state index contributed by atoms with van der Waals surface area (Å²) in [6.45, 7) is 6.61. The van der Waals surface area contributed by atoms with Gasteiger partial charge in [-0.3, -0.25) is 4.57 Å². The predicted molar refractivity (Wildman–Crippen MR) is 159 cm³/mol. The van der Waals surface area contributed by atoms with E-state index >= 15 is 8.78 Å². The average molecular weight is 604 g/mol. The molecule has 0 saturated heterocycles. The Morgan fingerprint density at radius 1 is 0.927 bits per heavy atom. The fourth-order valence-corrected chi connectivity index (χ4v) is 5.99. The molecule has 0 atom stereocenters. The Morgan fingerprint density at radius 3 is 2.24 bits per heavy atom. The molecule has 0 amide bonds. The third-order valence-electron chi connectivity index (χ3n) is 7.30. The van der Waals surface area contributed by atoms with E-state index in [1.54, 1.807) is 30.5 Å². The first-order chi connectivity index (χ1) is 19.4. The van der Waals surface area contributed by atoms with Crippen LogP contribution in [-0.2, 0) is 24.0 Å². The summed E-state index contributed by atoms with van der Waals surface area (Å²) in [5.74, 6) is -2.00. The Balaban J connectivity index is 1.72. The van der Waals surface area contributed by atoms with Crippen molar-refractivity contribution in [1.82, 2.24) is 14.5 Å². The van der Waals surface area contributed by atoms with Gasteiger partial charge in [-0.05, 0) is 99.1 Å². The van der Waals surface area contributed by atoms with E-state index < -0.39 is 22.9 Å². The highest BCUT2D eigenvalue weighted by molar-refractivity contribution is 7.98. The van der Waals surface area contributed by atoms with Gasteiger partial charge in [0.15, 0.2) is 5.16 Å². The highest BCUT2D eigenvalue weighted by atomic mass is 35.5. The molecule has 0 fully saturated rings. The lowest BCUT2D eigenvalue weighted by Crippen LogP contribution is -2.23. The van der Waals surface area contributed by atoms with Gasteiger partial charge in [0.25, 0.3) is 0 Å². The minimum atomic E-state index is -0.700. The lowest BCUT2D eigenvalue weighted by atomic mass is 9.81. The van der Waals surface area contributed by atoms with Crippen LogP contribution in [0.3, 0.4) is 0 Å². The molecule has 0 aliphatic heterocycles. The quantitative estimate of drug-likeness (QED) is 0.126. The minimum absolute atomic E-state index is 0.00222. The van der Waals surface area contributed by atoms with E-state index in [1.807, 2.05) is 44.3 Å². The van der Waals surface area contributed by atoms with Gasteiger partial charge in [0.2, 0.25) is 0 Å². The lowest BCUT2D eigenvalue weighted by molar-refractivity contribution is 0.400. The van der Waals surface area contributed by atoms with Gasteiger partial charge in [-0.2, -0.15) is 0 Å². The van der Waals surface area contributed by atoms with Crippen LogP contribution in [0.15, 0.2) is 59.9 Å². The zero-order valence-corrected chi connectivity index (χ0v) is 25.4. The van der Waals surface area contributed by atoms with Crippen molar-refractivity contribution in [2.45, 2.75) is 56.4 Å². The van der Waals surface area contributed by atoms with Crippen molar-refractivity contribution in [1.29, 1.82) is 0 Å². The molecule has 41 heavy (non-hydrogen) atoms. The second-order valence-corrected chi connectivity index (χ2v) is 12.2. The first-order valence-corrected chi connectivity index (χ1v) is 14.9. The summed E-state index contributed by atoms with van der Waals surface area (Å²) < 4.78 is 60.4. The van der Waals surface area contributed by atoms with Crippen molar-refractivity contribution in [3.05, 3.63) is 111 Å². The van der Waals surface area contributed by atoms with Crippen LogP contribution in [0.4, 0.5) is 17.6 Å². The van der Waals surface area contributed by atoms with Crippen molar-refractivity contribution >= 4 is 23.4 Å². The van der Waals surface area contributed by atoms with Gasteiger partial charge in [0.05, 0.1) is 16.9 Å². The highest BCUT2D eigenvalue weighted by Gasteiger charge is 2.30. The Hall–Kier alpha value is -2.81. The summed E-state index contributed by atoms with van der Waals surface area (Å²) in [6, 6.07) is 12.2. The van der Waals surface area contributed by atoms with E-state index in [1.165, 1.54) is 36.0 Å². The van der Waals surface area contributed by atoms with E-state index in [4.69, 9.17) is 11.6 Å². The molecule has 0 unspecified atom stereocenters. The first kappa shape index (κ1) is 31.1. The van der Waals surface area contributed by atoms with Crippen LogP contribution in [0.25, 0.3) is 5.69 Å². The smallest absolute Gasteiger partial charge is 0.173 e. The van der Waals surface area contributed by atoms with E-state index in [0.29, 0.717) is 34.8 Å². The van der Waals surface area contributed by atoms with Crippen LogP contribution in [0.2, 0.25) is 5.02 Å². The van der Waals surface area contributed by atoms with Crippen LogP contribution < -0.4 is 0 Å². The molecule has 0 saturated carbocycles. The maximum Gasteiger partial charge on any atom is 0.173 e. The highest BCUT2D eigenvalue weighted by Crippen LogP contribution is 2.38. The minimum Gasteiger partial charge on any atom is -0.309 e. The van der Waals surface area contributed by atoms with Gasteiger partial charge < -0.3 is 4.90 Å². The second kappa shape index (κ2) is 13.0. The van der Waals surface area contributed by atoms with E-state index in [0.717, 1.165) is 24.2 Å². The van der Waals surface area contributed by atoms with Gasteiger partial charge in [0, 0.05) is 22.4 Å². The van der Waals surface area contributed by atoms with Gasteiger partial charge in [-0.1, -0.05) is 50.2 Å². The molecule has 1 heterocycles. The fraction of sp³-hybridized carbons (Fsp3) is 0.344. The summed E-state index contributed by atoms with van der Waals surface area (Å²) >= 11 is 7.30. The molecule has 218 valence electrons. The van der Waals surface area contributed by atoms with Crippen LogP contribution in [0, 0.1) is 23.3 Å². The molecule has 4 rings (SSSR count). The normalized spacial score (nSPS) is 12.0. The Bertz CT molecular complexity index is 1510. The molecule has 0 N–H and O–H groups in total. The number of halogens is 5. The molecule has 3 aromatic carbocycles. The first-order valence-electron chi connectivity index (χ1n) is 13.5. The van der Waals surface area contributed by atoms with Crippen molar-refractivity contribution in [3.8, 4) is 5.69 Å². The Labute approximate surface area is 248 Å². The van der Waals surface area contributed by atoms with Crippen molar-refractivity contribution < 1.29 is 17.6 Å². The molecule has 4 aromatic rings. The molecular formula is C32H34ClF4N3S. The van der Waals surface area contributed by atoms with E-state index in [-0.39, 0.29) is 22.2 Å². The number of rotatable bonds is 11. The maximum absolute atomic E-state index is 15.1. The maximum atomic E-state index is 15.1. The third kappa shape index (κ3) is 6.99. The van der Waals surface area contributed by atoms with Crippen molar-refractivity contribution in [3.63, 3.8) is 0 Å². The number of benzene rings is 3. The fourth-order valence-electron chi connectivity index (χ4n) is 4.80. The van der Waals surface area contributed by atoms with Crippen LogP contribution >= 0.6 is 23.4 Å². The van der Waals surface area contributed by atoms with Crippen molar-refractivity contribution in [2.75, 3.05) is 20.6 Å². The van der Waals surface area contributed by atoms with Crippen LogP contribution in [0.5, 0.6) is 0 Å². The Kier molecular flexibility index (Phi) is 9.88. The molecule has 9 heteroatoms. The summed E-state index contributed by atoms with van der Waals surface area (Å²) in [6.07, 6.45) is 3.56. The van der Waals surface area contributed by atoms with Gasteiger partial charge in [-0.25, -0.2) is 22.5 Å². The molecule has 0 radical (unpaired) electrons. The van der Waals surface area contributed by atoms with Crippen molar-refractivity contribution in [2.24, 2.45) is 0 Å². The summed E-state index contributed by atoms with van der Waals surface area (Å²) in [5, 5.41) is 0.492. The van der Waals surface area contributed by atoms with E-state index in [9.17, 15) is 8.78 Å². The number of nitrogens with zero attached hydrogens (tertiary/aromatic N) is 3. The largest absolute Gasteiger partial charge is 0.309 e. The third-order valence-corrected chi connectivity index (χ3v) is 8.57. The standard InChI is InChI=1S/C32H34ClF4N3S/c1-6-21-16-23(10-12-26(21)34)40-30(32(2,3)22-9-11-27(35)25(33)17-22)18-38-31(40)41-19-24-28(36)14-20(15-29(24)37)8-7-13-39(4)5/h9-12,14-18H,6-8,13,19H2,1-5H3. The van der Waals surface area contributed by atoms with Crippen LogP contribution in [-0.4, -0.2) is 35.1 Å². The number of aryl methyl sites for hydroxylation is 2. The summed E-state index contributed by atoms with van der Waals surface area (Å²) in [5.41, 5.74) is 2.57. The molecule has 0 bridgehead atoms. The van der Waals surface area contributed by atoms with Gasteiger partial charge in [-0.15, -0.1) is 0 Å². The van der Waals surface area contributed by atoms with Gasteiger partial charge in [0.1, 0.15) is 23.3 Å². The van der Waals surface area contributed by atoms with Crippen LogP contribution in [0.1, 0.15) is 55.1 Å². The Morgan fingerprint density at radius 2 is 1.61 bits per heavy atom. The number of thioether (sulfide) groups is 1. The average Bonchev–Trinajstić information content (AvgIpc) is 3.34. The monoisotopic (exact) mass is 603 g/mol. The molecule has 0 aliphatic rings. The topological polar surface area (TPSA) is 21.1 Å². The number of imidazole rings is 1. The number of aromatic nitrogens is 2. The summed E-state index contributed by atoms with van der Waals surface area (Å²) in [4.78, 5) is 6.66. The molecule has 0 aliphatic carbocycles. The lowest BCUT2D eigenvalue weighted by Gasteiger charge is -2.28. The zero-order chi connectivity index (χ0) is 29.9. The summed E-state index contributed by atoms with van der Waals surface area (Å²) in [7, 11) is 3.92. The molecule has 3 nitrogen and oxygen atoms in total. The van der Waals surface area contributed by atoms with E-state index in [2.05, 4.69) is 4.98 Å². The number of hydrogen-bond donors (Lipinski definition) is 0. The molecular weight excluding hydrogens is 570 g/mol. The van der Waals surface area contributed by atoms with Gasteiger partial charge >= 0.3 is 0 Å². The predicted octanol–water partition coefficient (Wildman–Crippen LogP) is 8.76. The second-order valence-electron chi connectivity index (χ2n) is 10.9. The molecule has 1 aromatic heterocycles.